The topological polar surface area (TPSA) is 94.5 Å². The smallest absolute Gasteiger partial charge is 0.242 e. The Morgan fingerprint density at radius 2 is 2.00 bits per heavy atom. The molecule has 2 aromatic rings. The number of aryl methyl sites for hydroxylation is 2. The molecule has 1 saturated heterocycles. The first kappa shape index (κ1) is 19.7. The number of methoxy groups -OCH3 is 2. The Bertz CT molecular complexity index is 877. The van der Waals surface area contributed by atoms with E-state index in [2.05, 4.69) is 15.7 Å². The maximum absolute atomic E-state index is 12.6. The third-order valence-corrected chi connectivity index (χ3v) is 4.91. The van der Waals surface area contributed by atoms with E-state index in [1.165, 1.54) is 0 Å². The number of ether oxygens (including phenoxy) is 2. The first-order chi connectivity index (χ1) is 13.4. The summed E-state index contributed by atoms with van der Waals surface area (Å²) in [5.41, 5.74) is 2.65. The standard InChI is InChI=1S/C20H26N4O4/c1-12-9-13(2)24(23-12)11-19(26)21-15-6-8-18(25)22-20(15)14-5-7-16(27-3)17(10-14)28-4/h5,7,9-10,15,20H,6,8,11H2,1-4H3,(H,21,26)(H,22,25). The number of nitrogens with one attached hydrogen (secondary N) is 2. The summed E-state index contributed by atoms with van der Waals surface area (Å²) in [6.07, 6.45) is 0.933. The number of benzene rings is 1. The number of aromatic nitrogens is 2. The first-order valence-corrected chi connectivity index (χ1v) is 9.23. The molecule has 1 aromatic carbocycles. The molecular formula is C20H26N4O4. The van der Waals surface area contributed by atoms with Crippen LogP contribution in [-0.4, -0.2) is 41.9 Å². The Kier molecular flexibility index (Phi) is 5.87. The molecule has 8 nitrogen and oxygen atoms in total. The SMILES string of the molecule is COc1ccc(C2NC(=O)CCC2NC(=O)Cn2nc(C)cc2C)cc1OC. The lowest BCUT2D eigenvalue weighted by molar-refractivity contribution is -0.127. The summed E-state index contributed by atoms with van der Waals surface area (Å²) in [5.74, 6) is 1.01. The molecule has 2 heterocycles. The van der Waals surface area contributed by atoms with E-state index in [1.54, 1.807) is 25.0 Å². The van der Waals surface area contributed by atoms with Gasteiger partial charge in [-0.25, -0.2) is 0 Å². The summed E-state index contributed by atoms with van der Waals surface area (Å²) >= 11 is 0. The van der Waals surface area contributed by atoms with Crippen LogP contribution in [0.2, 0.25) is 0 Å². The van der Waals surface area contributed by atoms with E-state index in [1.807, 2.05) is 32.0 Å². The number of hydrogen-bond acceptors (Lipinski definition) is 5. The van der Waals surface area contributed by atoms with Crippen molar-refractivity contribution in [3.05, 3.63) is 41.2 Å². The number of piperidine rings is 1. The van der Waals surface area contributed by atoms with Gasteiger partial charge >= 0.3 is 0 Å². The fraction of sp³-hybridized carbons (Fsp3) is 0.450. The second-order valence-corrected chi connectivity index (χ2v) is 6.96. The molecule has 0 saturated carbocycles. The molecule has 28 heavy (non-hydrogen) atoms. The largest absolute Gasteiger partial charge is 0.493 e. The zero-order valence-corrected chi connectivity index (χ0v) is 16.6. The molecule has 3 rings (SSSR count). The fourth-order valence-corrected chi connectivity index (χ4v) is 3.54. The Hall–Kier alpha value is -3.03. The molecule has 0 spiro atoms. The maximum Gasteiger partial charge on any atom is 0.242 e. The second kappa shape index (κ2) is 8.33. The van der Waals surface area contributed by atoms with Crippen molar-refractivity contribution in [2.24, 2.45) is 0 Å². The first-order valence-electron chi connectivity index (χ1n) is 9.23. The van der Waals surface area contributed by atoms with Crippen molar-refractivity contribution in [1.29, 1.82) is 0 Å². The van der Waals surface area contributed by atoms with Gasteiger partial charge in [-0.3, -0.25) is 14.3 Å². The summed E-state index contributed by atoms with van der Waals surface area (Å²) in [7, 11) is 3.14. The highest BCUT2D eigenvalue weighted by molar-refractivity contribution is 5.79. The van der Waals surface area contributed by atoms with E-state index >= 15 is 0 Å². The molecule has 1 fully saturated rings. The third-order valence-electron chi connectivity index (χ3n) is 4.91. The molecule has 2 amide bonds. The monoisotopic (exact) mass is 386 g/mol. The lowest BCUT2D eigenvalue weighted by Gasteiger charge is -2.33. The van der Waals surface area contributed by atoms with Gasteiger partial charge in [0.05, 0.1) is 32.0 Å². The molecule has 1 aliphatic rings. The lowest BCUT2D eigenvalue weighted by Crippen LogP contribution is -2.50. The molecule has 1 aromatic heterocycles. The van der Waals surface area contributed by atoms with Gasteiger partial charge in [0.2, 0.25) is 11.8 Å². The summed E-state index contributed by atoms with van der Waals surface area (Å²) < 4.78 is 12.3. The summed E-state index contributed by atoms with van der Waals surface area (Å²) in [4.78, 5) is 24.6. The van der Waals surface area contributed by atoms with Gasteiger partial charge in [0.1, 0.15) is 6.54 Å². The van der Waals surface area contributed by atoms with Crippen LogP contribution >= 0.6 is 0 Å². The second-order valence-electron chi connectivity index (χ2n) is 6.96. The van der Waals surface area contributed by atoms with Crippen LogP contribution in [0.5, 0.6) is 11.5 Å². The zero-order chi connectivity index (χ0) is 20.3. The van der Waals surface area contributed by atoms with E-state index < -0.39 is 0 Å². The van der Waals surface area contributed by atoms with Gasteiger partial charge in [-0.05, 0) is 44.0 Å². The average Bonchev–Trinajstić information content (AvgIpc) is 2.99. The number of carbonyl (C=O) groups is 2. The quantitative estimate of drug-likeness (QED) is 0.787. The van der Waals surface area contributed by atoms with Crippen LogP contribution in [0.25, 0.3) is 0 Å². The summed E-state index contributed by atoms with van der Waals surface area (Å²) in [6.45, 7) is 3.95. The number of amides is 2. The number of carbonyl (C=O) groups excluding carboxylic acids is 2. The number of nitrogens with zero attached hydrogens (tertiary/aromatic N) is 2. The predicted molar refractivity (Wildman–Crippen MR) is 103 cm³/mol. The van der Waals surface area contributed by atoms with Gasteiger partial charge in [-0.1, -0.05) is 6.07 Å². The van der Waals surface area contributed by atoms with Crippen LogP contribution in [0, 0.1) is 13.8 Å². The van der Waals surface area contributed by atoms with E-state index in [0.717, 1.165) is 17.0 Å². The van der Waals surface area contributed by atoms with Gasteiger partial charge in [0, 0.05) is 12.1 Å². The van der Waals surface area contributed by atoms with Crippen molar-refractivity contribution >= 4 is 11.8 Å². The Balaban J connectivity index is 1.77. The normalized spacial score (nSPS) is 19.1. The zero-order valence-electron chi connectivity index (χ0n) is 16.6. The van der Waals surface area contributed by atoms with E-state index in [0.29, 0.717) is 24.3 Å². The Morgan fingerprint density at radius 3 is 2.64 bits per heavy atom. The number of rotatable bonds is 6. The van der Waals surface area contributed by atoms with Gasteiger partial charge in [-0.15, -0.1) is 0 Å². The highest BCUT2D eigenvalue weighted by Crippen LogP contribution is 2.32. The van der Waals surface area contributed by atoms with Crippen molar-refractivity contribution in [3.63, 3.8) is 0 Å². The van der Waals surface area contributed by atoms with Crippen molar-refractivity contribution < 1.29 is 19.1 Å². The minimum atomic E-state index is -0.342. The van der Waals surface area contributed by atoms with Crippen molar-refractivity contribution in [1.82, 2.24) is 20.4 Å². The van der Waals surface area contributed by atoms with Crippen LogP contribution in [0.15, 0.2) is 24.3 Å². The van der Waals surface area contributed by atoms with E-state index in [9.17, 15) is 9.59 Å². The molecule has 150 valence electrons. The molecule has 2 N–H and O–H groups in total. The molecule has 2 atom stereocenters. The Labute approximate surface area is 164 Å². The fourth-order valence-electron chi connectivity index (χ4n) is 3.54. The third kappa shape index (κ3) is 4.27. The van der Waals surface area contributed by atoms with Crippen molar-refractivity contribution in [2.75, 3.05) is 14.2 Å². The molecule has 0 aliphatic carbocycles. The van der Waals surface area contributed by atoms with Gasteiger partial charge in [0.25, 0.3) is 0 Å². The molecule has 0 bridgehead atoms. The minimum Gasteiger partial charge on any atom is -0.493 e. The number of hydrogen-bond donors (Lipinski definition) is 2. The van der Waals surface area contributed by atoms with Crippen LogP contribution in [0.4, 0.5) is 0 Å². The minimum absolute atomic E-state index is 0.0381. The summed E-state index contributed by atoms with van der Waals surface area (Å²) in [5, 5.41) is 10.4. The molecule has 8 heteroatoms. The average molecular weight is 386 g/mol. The van der Waals surface area contributed by atoms with E-state index in [4.69, 9.17) is 9.47 Å². The van der Waals surface area contributed by atoms with Gasteiger partial charge < -0.3 is 20.1 Å². The van der Waals surface area contributed by atoms with E-state index in [-0.39, 0.29) is 30.4 Å². The molecule has 1 aliphatic heterocycles. The Morgan fingerprint density at radius 1 is 1.25 bits per heavy atom. The molecule has 2 unspecified atom stereocenters. The van der Waals surface area contributed by atoms with Crippen LogP contribution in [-0.2, 0) is 16.1 Å². The lowest BCUT2D eigenvalue weighted by atomic mass is 9.91. The highest BCUT2D eigenvalue weighted by Gasteiger charge is 2.31. The molecule has 0 radical (unpaired) electrons. The van der Waals surface area contributed by atoms with Crippen LogP contribution in [0.3, 0.4) is 0 Å². The van der Waals surface area contributed by atoms with Gasteiger partial charge in [0.15, 0.2) is 11.5 Å². The summed E-state index contributed by atoms with van der Waals surface area (Å²) in [6, 6.07) is 6.86. The van der Waals surface area contributed by atoms with Crippen LogP contribution in [0.1, 0.15) is 35.8 Å². The van der Waals surface area contributed by atoms with Gasteiger partial charge in [-0.2, -0.15) is 5.10 Å². The van der Waals surface area contributed by atoms with Crippen molar-refractivity contribution in [2.45, 2.75) is 45.3 Å². The maximum atomic E-state index is 12.6. The van der Waals surface area contributed by atoms with Crippen LogP contribution < -0.4 is 20.1 Å². The highest BCUT2D eigenvalue weighted by atomic mass is 16.5. The predicted octanol–water partition coefficient (Wildman–Crippen LogP) is 1.65. The van der Waals surface area contributed by atoms with Crippen molar-refractivity contribution in [3.8, 4) is 11.5 Å². The molecular weight excluding hydrogens is 360 g/mol.